The van der Waals surface area contributed by atoms with Crippen LogP contribution in [-0.2, 0) is 9.59 Å². The zero-order valence-electron chi connectivity index (χ0n) is 12.8. The molecule has 1 rings (SSSR count). The molecule has 1 aliphatic carbocycles. The Kier molecular flexibility index (Phi) is 6.46. The molecular weight excluding hydrogens is 256 g/mol. The maximum absolute atomic E-state index is 11.7. The summed E-state index contributed by atoms with van der Waals surface area (Å²) in [5.74, 6) is 0.871. The number of carbonyl (C=O) groups is 2. The molecule has 0 spiro atoms. The molecule has 0 aromatic carbocycles. The normalized spacial score (nSPS) is 19.4. The van der Waals surface area contributed by atoms with Gasteiger partial charge in [0.05, 0.1) is 12.5 Å². The number of hydrogen-bond donors (Lipinski definition) is 3. The van der Waals surface area contributed by atoms with Gasteiger partial charge in [-0.05, 0) is 50.4 Å². The van der Waals surface area contributed by atoms with Gasteiger partial charge in [0.25, 0.3) is 0 Å². The van der Waals surface area contributed by atoms with Crippen molar-refractivity contribution in [2.75, 3.05) is 0 Å². The molecule has 5 nitrogen and oxygen atoms in total. The van der Waals surface area contributed by atoms with E-state index in [1.807, 2.05) is 6.92 Å². The molecule has 1 fully saturated rings. The third-order valence-corrected chi connectivity index (χ3v) is 4.14. The van der Waals surface area contributed by atoms with E-state index in [0.29, 0.717) is 5.92 Å². The number of carboxylic acid groups (broad SMARTS) is 1. The molecule has 1 saturated carbocycles. The zero-order valence-corrected chi connectivity index (χ0v) is 12.8. The van der Waals surface area contributed by atoms with Crippen LogP contribution >= 0.6 is 0 Å². The molecule has 1 amide bonds. The highest BCUT2D eigenvalue weighted by Crippen LogP contribution is 2.42. The lowest BCUT2D eigenvalue weighted by molar-refractivity contribution is -0.139. The van der Waals surface area contributed by atoms with Crippen LogP contribution in [0, 0.1) is 17.8 Å². The summed E-state index contributed by atoms with van der Waals surface area (Å²) in [6.45, 7) is 6.47. The van der Waals surface area contributed by atoms with Gasteiger partial charge in [0.2, 0.25) is 5.91 Å². The maximum Gasteiger partial charge on any atom is 0.305 e. The van der Waals surface area contributed by atoms with Gasteiger partial charge in [-0.1, -0.05) is 13.8 Å². The van der Waals surface area contributed by atoms with Crippen LogP contribution in [0.5, 0.6) is 0 Å². The van der Waals surface area contributed by atoms with Crippen LogP contribution in [0.2, 0.25) is 0 Å². The second-order valence-corrected chi connectivity index (χ2v) is 6.44. The van der Waals surface area contributed by atoms with Crippen LogP contribution in [0.3, 0.4) is 0 Å². The predicted octanol–water partition coefficient (Wildman–Crippen LogP) is 1.76. The second kappa shape index (κ2) is 7.62. The molecule has 0 saturated heterocycles. The first-order valence-electron chi connectivity index (χ1n) is 7.59. The molecule has 0 bridgehead atoms. The molecule has 2 unspecified atom stereocenters. The summed E-state index contributed by atoms with van der Waals surface area (Å²) in [4.78, 5) is 22.2. The van der Waals surface area contributed by atoms with Crippen molar-refractivity contribution in [3.63, 3.8) is 0 Å². The molecule has 0 aliphatic heterocycles. The molecule has 0 aromatic heterocycles. The second-order valence-electron chi connectivity index (χ2n) is 6.44. The average molecular weight is 284 g/mol. The molecule has 5 heteroatoms. The monoisotopic (exact) mass is 284 g/mol. The topological polar surface area (TPSA) is 92.4 Å². The van der Waals surface area contributed by atoms with E-state index in [4.69, 9.17) is 10.8 Å². The van der Waals surface area contributed by atoms with Gasteiger partial charge >= 0.3 is 5.97 Å². The third kappa shape index (κ3) is 5.90. The fourth-order valence-corrected chi connectivity index (χ4v) is 2.78. The molecule has 4 N–H and O–H groups in total. The fraction of sp³-hybridized carbons (Fsp3) is 0.867. The number of nitrogens with two attached hydrogens (primary N) is 1. The van der Waals surface area contributed by atoms with E-state index in [-0.39, 0.29) is 18.4 Å². The Balaban J connectivity index is 2.29. The fourth-order valence-electron chi connectivity index (χ4n) is 2.78. The van der Waals surface area contributed by atoms with Crippen molar-refractivity contribution in [2.45, 2.75) is 65.0 Å². The number of aliphatic carboxylic acids is 1. The predicted molar refractivity (Wildman–Crippen MR) is 78.1 cm³/mol. The van der Waals surface area contributed by atoms with Crippen LogP contribution in [-0.4, -0.2) is 29.1 Å². The number of carbonyl (C=O) groups excluding carboxylic acids is 1. The molecule has 116 valence electrons. The molecular formula is C15H28N2O3. The van der Waals surface area contributed by atoms with E-state index >= 15 is 0 Å². The smallest absolute Gasteiger partial charge is 0.305 e. The molecule has 20 heavy (non-hydrogen) atoms. The minimum Gasteiger partial charge on any atom is -0.481 e. The molecule has 3 atom stereocenters. The summed E-state index contributed by atoms with van der Waals surface area (Å²) in [6.07, 6.45) is 4.39. The number of nitrogens with one attached hydrogen (secondary N) is 1. The van der Waals surface area contributed by atoms with Gasteiger partial charge in [0, 0.05) is 6.04 Å². The van der Waals surface area contributed by atoms with Crippen molar-refractivity contribution in [2.24, 2.45) is 23.5 Å². The lowest BCUT2D eigenvalue weighted by Gasteiger charge is -2.23. The lowest BCUT2D eigenvalue weighted by Crippen LogP contribution is -2.45. The van der Waals surface area contributed by atoms with Gasteiger partial charge in [0.15, 0.2) is 0 Å². The SMILES string of the molecule is CC(CCC(C(C)C)C1CC1)NC(=O)[C@@H](N)CC(=O)O. The largest absolute Gasteiger partial charge is 0.481 e. The van der Waals surface area contributed by atoms with E-state index in [2.05, 4.69) is 19.2 Å². The summed E-state index contributed by atoms with van der Waals surface area (Å²) >= 11 is 0. The first kappa shape index (κ1) is 17.0. The van der Waals surface area contributed by atoms with Crippen molar-refractivity contribution in [3.05, 3.63) is 0 Å². The minimum atomic E-state index is -1.05. The van der Waals surface area contributed by atoms with Gasteiger partial charge in [-0.2, -0.15) is 0 Å². The van der Waals surface area contributed by atoms with Crippen LogP contribution < -0.4 is 11.1 Å². The van der Waals surface area contributed by atoms with Crippen LogP contribution in [0.1, 0.15) is 52.9 Å². The Morgan fingerprint density at radius 1 is 1.25 bits per heavy atom. The van der Waals surface area contributed by atoms with E-state index in [9.17, 15) is 9.59 Å². The number of rotatable bonds is 9. The third-order valence-electron chi connectivity index (χ3n) is 4.14. The Labute approximate surface area is 121 Å². The van der Waals surface area contributed by atoms with Gasteiger partial charge < -0.3 is 16.2 Å². The minimum absolute atomic E-state index is 0.0438. The Hall–Kier alpha value is -1.10. The molecule has 1 aliphatic rings. The van der Waals surface area contributed by atoms with Crippen molar-refractivity contribution >= 4 is 11.9 Å². The highest BCUT2D eigenvalue weighted by atomic mass is 16.4. The molecule has 0 heterocycles. The van der Waals surface area contributed by atoms with Crippen molar-refractivity contribution in [3.8, 4) is 0 Å². The number of hydrogen-bond acceptors (Lipinski definition) is 3. The summed E-state index contributed by atoms with van der Waals surface area (Å²) in [5, 5.41) is 11.4. The van der Waals surface area contributed by atoms with Gasteiger partial charge in [-0.3, -0.25) is 9.59 Å². The van der Waals surface area contributed by atoms with Crippen molar-refractivity contribution in [1.82, 2.24) is 5.32 Å². The molecule has 0 aromatic rings. The summed E-state index contributed by atoms with van der Waals surface area (Å²) in [6, 6.07) is -0.915. The highest BCUT2D eigenvalue weighted by molar-refractivity contribution is 5.86. The quantitative estimate of drug-likeness (QED) is 0.601. The van der Waals surface area contributed by atoms with E-state index < -0.39 is 12.0 Å². The zero-order chi connectivity index (χ0) is 15.3. The Morgan fingerprint density at radius 2 is 1.85 bits per heavy atom. The van der Waals surface area contributed by atoms with E-state index in [1.165, 1.54) is 12.8 Å². The van der Waals surface area contributed by atoms with E-state index in [1.54, 1.807) is 0 Å². The van der Waals surface area contributed by atoms with Gasteiger partial charge in [0.1, 0.15) is 0 Å². The van der Waals surface area contributed by atoms with Crippen molar-refractivity contribution < 1.29 is 14.7 Å². The summed E-state index contributed by atoms with van der Waals surface area (Å²) in [7, 11) is 0. The van der Waals surface area contributed by atoms with Crippen LogP contribution in [0.4, 0.5) is 0 Å². The highest BCUT2D eigenvalue weighted by Gasteiger charge is 2.33. The number of amides is 1. The first-order valence-corrected chi connectivity index (χ1v) is 7.59. The summed E-state index contributed by atoms with van der Waals surface area (Å²) in [5.41, 5.74) is 5.54. The van der Waals surface area contributed by atoms with Crippen LogP contribution in [0.15, 0.2) is 0 Å². The van der Waals surface area contributed by atoms with Gasteiger partial charge in [-0.15, -0.1) is 0 Å². The molecule has 0 radical (unpaired) electrons. The number of carboxylic acids is 1. The van der Waals surface area contributed by atoms with E-state index in [0.717, 1.165) is 24.7 Å². The first-order chi connectivity index (χ1) is 9.31. The standard InChI is InChI=1S/C15H28N2O3/c1-9(2)12(11-5-6-11)7-4-10(3)17-15(20)13(16)8-14(18)19/h9-13H,4-8,16H2,1-3H3,(H,17,20)(H,18,19)/t10?,12?,13-/m0/s1. The Bertz CT molecular complexity index is 338. The summed E-state index contributed by atoms with van der Waals surface area (Å²) < 4.78 is 0. The van der Waals surface area contributed by atoms with Gasteiger partial charge in [-0.25, -0.2) is 0 Å². The Morgan fingerprint density at radius 3 is 2.30 bits per heavy atom. The lowest BCUT2D eigenvalue weighted by atomic mass is 9.86. The maximum atomic E-state index is 11.7. The van der Waals surface area contributed by atoms with Crippen molar-refractivity contribution in [1.29, 1.82) is 0 Å². The average Bonchev–Trinajstić information content (AvgIpc) is 3.12. The van der Waals surface area contributed by atoms with Crippen LogP contribution in [0.25, 0.3) is 0 Å².